The van der Waals surface area contributed by atoms with Crippen LogP contribution in [0.2, 0.25) is 0 Å². The first-order valence-corrected chi connectivity index (χ1v) is 17.8. The Bertz CT molecular complexity index is 2120. The Morgan fingerprint density at radius 1 is 0.442 bits per heavy atom. The van der Waals surface area contributed by atoms with Crippen LogP contribution >= 0.6 is 11.8 Å². The summed E-state index contributed by atoms with van der Waals surface area (Å²) in [7, 11) is 0. The first-order valence-electron chi connectivity index (χ1n) is 16.8. The summed E-state index contributed by atoms with van der Waals surface area (Å²) < 4.78 is 17.5. The predicted octanol–water partition coefficient (Wildman–Crippen LogP) is 8.73. The molecule has 1 heterocycles. The van der Waals surface area contributed by atoms with Gasteiger partial charge in [-0.15, -0.1) is 11.8 Å². The van der Waals surface area contributed by atoms with E-state index in [-0.39, 0.29) is 17.7 Å². The van der Waals surface area contributed by atoms with E-state index in [2.05, 4.69) is 0 Å². The van der Waals surface area contributed by atoms with Gasteiger partial charge in [-0.05, 0) is 69.8 Å². The number of esters is 3. The molecule has 8 heteroatoms. The van der Waals surface area contributed by atoms with Crippen molar-refractivity contribution in [2.45, 2.75) is 22.9 Å². The molecule has 258 valence electrons. The molecule has 1 aliphatic heterocycles. The van der Waals surface area contributed by atoms with Crippen LogP contribution in [0.4, 0.5) is 0 Å². The number of aliphatic hydroxyl groups excluding tert-OH is 1. The van der Waals surface area contributed by atoms with E-state index in [0.29, 0.717) is 5.56 Å². The van der Waals surface area contributed by atoms with Crippen LogP contribution in [-0.2, 0) is 14.2 Å². The van der Waals surface area contributed by atoms with Crippen molar-refractivity contribution in [3.63, 3.8) is 0 Å². The summed E-state index contributed by atoms with van der Waals surface area (Å²) in [5.74, 6) is -1.93. The predicted molar refractivity (Wildman–Crippen MR) is 202 cm³/mol. The molecular formula is C44H34O7S. The molecule has 1 N–H and O–H groups in total. The van der Waals surface area contributed by atoms with E-state index in [1.165, 1.54) is 0 Å². The highest BCUT2D eigenvalue weighted by Crippen LogP contribution is 2.38. The lowest BCUT2D eigenvalue weighted by Crippen LogP contribution is -2.41. The van der Waals surface area contributed by atoms with Crippen molar-refractivity contribution in [1.82, 2.24) is 0 Å². The quantitative estimate of drug-likeness (QED) is 0.112. The van der Waals surface area contributed by atoms with Gasteiger partial charge in [-0.25, -0.2) is 14.4 Å². The van der Waals surface area contributed by atoms with Crippen molar-refractivity contribution in [3.05, 3.63) is 180 Å². The van der Waals surface area contributed by atoms with Gasteiger partial charge in [0.05, 0.1) is 21.9 Å². The van der Waals surface area contributed by atoms with Crippen LogP contribution in [0.15, 0.2) is 164 Å². The lowest BCUT2D eigenvalue weighted by molar-refractivity contribution is -0.0557. The molecule has 0 saturated carbocycles. The number of thioether (sulfide) groups is 1. The summed E-state index contributed by atoms with van der Waals surface area (Å²) in [4.78, 5) is 40.0. The van der Waals surface area contributed by atoms with Gasteiger partial charge in [0, 0.05) is 0 Å². The second kappa shape index (κ2) is 15.9. The van der Waals surface area contributed by atoms with Crippen LogP contribution in [0.3, 0.4) is 0 Å². The van der Waals surface area contributed by atoms with E-state index in [1.807, 2.05) is 127 Å². The first-order chi connectivity index (χ1) is 25.4. The fraction of sp³-hybridized carbons (Fsp3) is 0.114. The molecule has 4 atom stereocenters. The summed E-state index contributed by atoms with van der Waals surface area (Å²) in [5.41, 5.74) is 5.47. The van der Waals surface area contributed by atoms with Crippen LogP contribution < -0.4 is 0 Å². The monoisotopic (exact) mass is 706 g/mol. The molecule has 0 amide bonds. The van der Waals surface area contributed by atoms with Gasteiger partial charge >= 0.3 is 17.9 Å². The normalized spacial score (nSPS) is 17.9. The minimum absolute atomic E-state index is 0.203. The largest absolute Gasteiger partial charge is 0.461 e. The van der Waals surface area contributed by atoms with Crippen molar-refractivity contribution >= 4 is 29.7 Å². The Balaban J connectivity index is 1.07. The molecule has 1 saturated heterocycles. The van der Waals surface area contributed by atoms with E-state index < -0.39 is 40.8 Å². The summed E-state index contributed by atoms with van der Waals surface area (Å²) in [6.45, 7) is -0.203. The molecular weight excluding hydrogens is 673 g/mol. The molecule has 6 aromatic rings. The van der Waals surface area contributed by atoms with Crippen molar-refractivity contribution in [3.8, 4) is 33.4 Å². The molecule has 0 radical (unpaired) electrons. The third-order valence-electron chi connectivity index (χ3n) is 8.83. The van der Waals surface area contributed by atoms with Gasteiger partial charge in [0.1, 0.15) is 12.0 Å². The molecule has 52 heavy (non-hydrogen) atoms. The second-order valence-electron chi connectivity index (χ2n) is 12.2. The van der Waals surface area contributed by atoms with Crippen LogP contribution in [0.1, 0.15) is 31.1 Å². The zero-order chi connectivity index (χ0) is 35.9. The molecule has 1 fully saturated rings. The van der Waals surface area contributed by atoms with Crippen LogP contribution in [0.5, 0.6) is 0 Å². The summed E-state index contributed by atoms with van der Waals surface area (Å²) in [5, 5.41) is 10.4. The van der Waals surface area contributed by atoms with Crippen molar-refractivity contribution in [2.24, 2.45) is 0 Å². The van der Waals surface area contributed by atoms with Crippen LogP contribution in [-0.4, -0.2) is 52.5 Å². The van der Waals surface area contributed by atoms with Gasteiger partial charge in [0.2, 0.25) is 0 Å². The Hall–Kier alpha value is -5.96. The third-order valence-corrected chi connectivity index (χ3v) is 10.1. The zero-order valence-electron chi connectivity index (χ0n) is 27.9. The molecule has 7 rings (SSSR count). The number of carbonyl (C=O) groups is 3. The Morgan fingerprint density at radius 2 is 0.769 bits per heavy atom. The fourth-order valence-electron chi connectivity index (χ4n) is 6.02. The Morgan fingerprint density at radius 3 is 1.15 bits per heavy atom. The first kappa shape index (κ1) is 34.5. The van der Waals surface area contributed by atoms with Crippen molar-refractivity contribution in [2.75, 3.05) is 6.61 Å². The number of carbonyl (C=O) groups excluding carboxylic acids is 3. The van der Waals surface area contributed by atoms with Gasteiger partial charge < -0.3 is 19.3 Å². The van der Waals surface area contributed by atoms with Gasteiger partial charge in [-0.3, -0.25) is 0 Å². The standard InChI is InChI=1S/C44H34O7S/c45-41(35-22-16-32(17-23-35)29-10-4-1-5-11-29)49-28-38-39(50-42(46)36-24-18-33(19-25-36)30-12-6-2-7-13-30)40(44(48)52-38)51-43(47)37-26-20-34(21-27-37)31-14-8-3-9-15-31/h1-27,38-40,44,48H,28H2/t38-,39-,40-,44?/m0/s1. The number of hydrogen-bond acceptors (Lipinski definition) is 8. The topological polar surface area (TPSA) is 99.1 Å². The van der Waals surface area contributed by atoms with E-state index in [9.17, 15) is 19.5 Å². The lowest BCUT2D eigenvalue weighted by atomic mass is 10.0. The molecule has 0 aliphatic carbocycles. The Labute approximate surface area is 305 Å². The summed E-state index contributed by atoms with van der Waals surface area (Å²) >= 11 is 1.02. The smallest absolute Gasteiger partial charge is 0.338 e. The van der Waals surface area contributed by atoms with Crippen LogP contribution in [0, 0.1) is 0 Å². The second-order valence-corrected chi connectivity index (χ2v) is 13.6. The summed E-state index contributed by atoms with van der Waals surface area (Å²) in [6, 6.07) is 50.3. The maximum absolute atomic E-state index is 13.5. The lowest BCUT2D eigenvalue weighted by Gasteiger charge is -2.24. The zero-order valence-corrected chi connectivity index (χ0v) is 28.7. The van der Waals surface area contributed by atoms with Crippen molar-refractivity contribution in [1.29, 1.82) is 0 Å². The highest BCUT2D eigenvalue weighted by molar-refractivity contribution is 8.00. The molecule has 0 spiro atoms. The highest BCUT2D eigenvalue weighted by atomic mass is 32.2. The van der Waals surface area contributed by atoms with E-state index in [0.717, 1.165) is 45.1 Å². The maximum Gasteiger partial charge on any atom is 0.338 e. The average molecular weight is 707 g/mol. The van der Waals surface area contributed by atoms with E-state index in [1.54, 1.807) is 36.4 Å². The van der Waals surface area contributed by atoms with E-state index >= 15 is 0 Å². The molecule has 0 aromatic heterocycles. The third kappa shape index (κ3) is 7.99. The SMILES string of the molecule is O=C(OC[C@@H]1SC(O)[C@@H](OC(=O)c2ccc(-c3ccccc3)cc2)[C@H]1OC(=O)c1ccc(-c2ccccc2)cc1)c1ccc(-c2ccccc2)cc1. The molecule has 6 aromatic carbocycles. The molecule has 1 unspecified atom stereocenters. The minimum Gasteiger partial charge on any atom is -0.461 e. The average Bonchev–Trinajstić information content (AvgIpc) is 3.50. The molecule has 1 aliphatic rings. The number of aliphatic hydroxyl groups is 1. The number of hydrogen-bond donors (Lipinski definition) is 1. The number of benzene rings is 6. The highest BCUT2D eigenvalue weighted by Gasteiger charge is 2.49. The van der Waals surface area contributed by atoms with Gasteiger partial charge in [0.25, 0.3) is 0 Å². The maximum atomic E-state index is 13.5. The van der Waals surface area contributed by atoms with E-state index in [4.69, 9.17) is 14.2 Å². The molecule has 0 bridgehead atoms. The van der Waals surface area contributed by atoms with Gasteiger partial charge in [-0.2, -0.15) is 0 Å². The summed E-state index contributed by atoms with van der Waals surface area (Å²) in [6.07, 6.45) is -2.35. The molecule has 7 nitrogen and oxygen atoms in total. The van der Waals surface area contributed by atoms with Crippen molar-refractivity contribution < 1.29 is 33.7 Å². The fourth-order valence-corrected chi connectivity index (χ4v) is 7.26. The Kier molecular flexibility index (Phi) is 10.6. The van der Waals surface area contributed by atoms with Gasteiger partial charge in [0.15, 0.2) is 12.2 Å². The van der Waals surface area contributed by atoms with Gasteiger partial charge in [-0.1, -0.05) is 127 Å². The van der Waals surface area contributed by atoms with Crippen LogP contribution in [0.25, 0.3) is 33.4 Å². The number of ether oxygens (including phenoxy) is 3. The minimum atomic E-state index is -1.25. The number of rotatable bonds is 10.